The first-order valence-electron chi connectivity index (χ1n) is 5.52. The average molecular weight is 273 g/mol. The molecule has 0 saturated heterocycles. The van der Waals surface area contributed by atoms with Gasteiger partial charge in [-0.1, -0.05) is 36.7 Å². The van der Waals surface area contributed by atoms with Gasteiger partial charge < -0.3 is 0 Å². The summed E-state index contributed by atoms with van der Waals surface area (Å²) in [4.78, 5) is 0.596. The lowest BCUT2D eigenvalue weighted by atomic mass is 9.89. The van der Waals surface area contributed by atoms with Gasteiger partial charge in [0.1, 0.15) is 0 Å². The fourth-order valence-corrected chi connectivity index (χ4v) is 1.87. The van der Waals surface area contributed by atoms with Gasteiger partial charge in [-0.25, -0.2) is 0 Å². The summed E-state index contributed by atoms with van der Waals surface area (Å²) in [6.45, 7) is 6.82. The van der Waals surface area contributed by atoms with Gasteiger partial charge in [-0.05, 0) is 30.7 Å². The molecule has 0 radical (unpaired) electrons. The van der Waals surface area contributed by atoms with Crippen LogP contribution in [0.15, 0.2) is 12.3 Å². The third-order valence-corrected chi connectivity index (χ3v) is 4.58. The minimum atomic E-state index is 0.354. The first kappa shape index (κ1) is 12.8. The van der Waals surface area contributed by atoms with E-state index in [2.05, 4.69) is 47.9 Å². The lowest BCUT2D eigenvalue weighted by Crippen LogP contribution is -2.20. The van der Waals surface area contributed by atoms with Gasteiger partial charge >= 0.3 is 0 Å². The second-order valence-electron chi connectivity index (χ2n) is 5.17. The summed E-state index contributed by atoms with van der Waals surface area (Å²) in [6.07, 6.45) is 5.42. The molecule has 0 aliphatic carbocycles. The molecule has 0 aliphatic rings. The van der Waals surface area contributed by atoms with Crippen molar-refractivity contribution in [3.05, 3.63) is 18.0 Å². The third kappa shape index (κ3) is 3.98. The number of alkyl halides is 1. The summed E-state index contributed by atoms with van der Waals surface area (Å²) in [6, 6.07) is 2.10. The normalized spacial score (nSPS) is 14.2. The highest BCUT2D eigenvalue weighted by atomic mass is 79.9. The molecular weight excluding hydrogens is 252 g/mol. The van der Waals surface area contributed by atoms with E-state index < -0.39 is 0 Å². The highest BCUT2D eigenvalue weighted by Gasteiger charge is 2.20. The van der Waals surface area contributed by atoms with Gasteiger partial charge in [-0.3, -0.25) is 4.68 Å². The van der Waals surface area contributed by atoms with Crippen LogP contribution in [0.1, 0.15) is 39.3 Å². The van der Waals surface area contributed by atoms with Gasteiger partial charge in [0, 0.05) is 23.8 Å². The number of rotatable bonds is 4. The summed E-state index contributed by atoms with van der Waals surface area (Å²) in [5.41, 5.74) is 1.68. The second kappa shape index (κ2) is 5.15. The third-order valence-electron chi connectivity index (χ3n) is 2.75. The zero-order valence-corrected chi connectivity index (χ0v) is 11.7. The average Bonchev–Trinajstić information content (AvgIpc) is 2.50. The molecule has 0 spiro atoms. The van der Waals surface area contributed by atoms with Crippen molar-refractivity contribution >= 4 is 15.9 Å². The van der Waals surface area contributed by atoms with E-state index in [1.54, 1.807) is 0 Å². The van der Waals surface area contributed by atoms with Crippen LogP contribution in [0.2, 0.25) is 0 Å². The maximum Gasteiger partial charge on any atom is 0.0492 e. The van der Waals surface area contributed by atoms with Crippen molar-refractivity contribution in [2.45, 2.75) is 44.9 Å². The van der Waals surface area contributed by atoms with Gasteiger partial charge in [0.25, 0.3) is 0 Å². The Labute approximate surface area is 101 Å². The van der Waals surface area contributed by atoms with Crippen LogP contribution in [0.25, 0.3) is 0 Å². The molecular formula is C12H21BrN2. The molecule has 1 aromatic heterocycles. The molecule has 1 unspecified atom stereocenters. The highest BCUT2D eigenvalue weighted by molar-refractivity contribution is 9.09. The molecule has 15 heavy (non-hydrogen) atoms. The predicted molar refractivity (Wildman–Crippen MR) is 68.3 cm³/mol. The Bertz CT molecular complexity index is 299. The van der Waals surface area contributed by atoms with Gasteiger partial charge in [-0.2, -0.15) is 5.10 Å². The topological polar surface area (TPSA) is 17.8 Å². The molecule has 0 aliphatic heterocycles. The van der Waals surface area contributed by atoms with E-state index >= 15 is 0 Å². The number of hydrogen-bond donors (Lipinski definition) is 0. The summed E-state index contributed by atoms with van der Waals surface area (Å²) < 4.78 is 1.96. The number of aryl methyl sites for hydroxylation is 2. The van der Waals surface area contributed by atoms with Crippen LogP contribution < -0.4 is 0 Å². The van der Waals surface area contributed by atoms with Gasteiger partial charge in [0.05, 0.1) is 0 Å². The summed E-state index contributed by atoms with van der Waals surface area (Å²) in [7, 11) is 2.00. The van der Waals surface area contributed by atoms with E-state index in [1.807, 2.05) is 17.9 Å². The summed E-state index contributed by atoms with van der Waals surface area (Å²) in [5, 5.41) is 4.17. The van der Waals surface area contributed by atoms with Crippen molar-refractivity contribution in [1.29, 1.82) is 0 Å². The van der Waals surface area contributed by atoms with Crippen LogP contribution in [-0.4, -0.2) is 14.6 Å². The van der Waals surface area contributed by atoms with Gasteiger partial charge in [0.2, 0.25) is 0 Å². The maximum atomic E-state index is 4.17. The molecule has 0 N–H and O–H groups in total. The number of aromatic nitrogens is 2. The van der Waals surface area contributed by atoms with Crippen molar-refractivity contribution in [2.75, 3.05) is 0 Å². The zero-order chi connectivity index (χ0) is 11.5. The van der Waals surface area contributed by atoms with Crippen LogP contribution in [-0.2, 0) is 13.5 Å². The van der Waals surface area contributed by atoms with Crippen molar-refractivity contribution in [3.8, 4) is 0 Å². The standard InChI is InChI=1S/C12H21BrN2/c1-12(2,3)11(13)7-5-6-10-8-9-14-15(10)4/h8-9,11H,5-7H2,1-4H3. The zero-order valence-electron chi connectivity index (χ0n) is 10.1. The number of halogens is 1. The molecule has 0 aromatic carbocycles. The first-order valence-corrected chi connectivity index (χ1v) is 6.44. The van der Waals surface area contributed by atoms with E-state index in [0.717, 1.165) is 6.42 Å². The minimum absolute atomic E-state index is 0.354. The van der Waals surface area contributed by atoms with Crippen molar-refractivity contribution in [1.82, 2.24) is 9.78 Å². The lowest BCUT2D eigenvalue weighted by Gasteiger charge is -2.25. The smallest absolute Gasteiger partial charge is 0.0492 e. The summed E-state index contributed by atoms with van der Waals surface area (Å²) >= 11 is 3.76. The van der Waals surface area contributed by atoms with Gasteiger partial charge in [-0.15, -0.1) is 0 Å². The van der Waals surface area contributed by atoms with E-state index in [4.69, 9.17) is 0 Å². The van der Waals surface area contributed by atoms with Crippen molar-refractivity contribution in [3.63, 3.8) is 0 Å². The first-order chi connectivity index (χ1) is 6.91. The fourth-order valence-electron chi connectivity index (χ4n) is 1.54. The molecule has 0 amide bonds. The van der Waals surface area contributed by atoms with E-state index in [-0.39, 0.29) is 0 Å². The van der Waals surface area contributed by atoms with Crippen molar-refractivity contribution < 1.29 is 0 Å². The number of nitrogens with zero attached hydrogens (tertiary/aromatic N) is 2. The summed E-state index contributed by atoms with van der Waals surface area (Å²) in [5.74, 6) is 0. The Morgan fingerprint density at radius 2 is 2.13 bits per heavy atom. The predicted octanol–water partition coefficient (Wildman–Crippen LogP) is 3.55. The van der Waals surface area contributed by atoms with E-state index in [0.29, 0.717) is 10.2 Å². The number of hydrogen-bond acceptors (Lipinski definition) is 1. The Morgan fingerprint density at radius 1 is 1.47 bits per heavy atom. The SMILES string of the molecule is Cn1nccc1CCCC(Br)C(C)(C)C. The van der Waals surface area contributed by atoms with Crippen molar-refractivity contribution in [2.24, 2.45) is 12.5 Å². The fraction of sp³-hybridized carbons (Fsp3) is 0.750. The lowest BCUT2D eigenvalue weighted by molar-refractivity contribution is 0.379. The molecule has 1 aromatic rings. The quantitative estimate of drug-likeness (QED) is 0.767. The molecule has 0 bridgehead atoms. The van der Waals surface area contributed by atoms with Crippen LogP contribution in [0.5, 0.6) is 0 Å². The largest absolute Gasteiger partial charge is 0.273 e. The van der Waals surface area contributed by atoms with Crippen LogP contribution in [0.3, 0.4) is 0 Å². The van der Waals surface area contributed by atoms with Crippen LogP contribution >= 0.6 is 15.9 Å². The van der Waals surface area contributed by atoms with E-state index in [9.17, 15) is 0 Å². The maximum absolute atomic E-state index is 4.17. The Hall–Kier alpha value is -0.310. The van der Waals surface area contributed by atoms with E-state index in [1.165, 1.54) is 18.5 Å². The molecule has 0 saturated carbocycles. The molecule has 0 fully saturated rings. The molecule has 1 heterocycles. The molecule has 1 rings (SSSR count). The molecule has 2 nitrogen and oxygen atoms in total. The second-order valence-corrected chi connectivity index (χ2v) is 6.28. The Kier molecular flexibility index (Phi) is 4.38. The van der Waals surface area contributed by atoms with Crippen LogP contribution in [0, 0.1) is 5.41 Å². The minimum Gasteiger partial charge on any atom is -0.273 e. The molecule has 86 valence electrons. The Morgan fingerprint density at radius 3 is 2.60 bits per heavy atom. The molecule has 1 atom stereocenters. The Balaban J connectivity index is 2.31. The van der Waals surface area contributed by atoms with Gasteiger partial charge in [0.15, 0.2) is 0 Å². The van der Waals surface area contributed by atoms with Crippen LogP contribution in [0.4, 0.5) is 0 Å². The highest BCUT2D eigenvalue weighted by Crippen LogP contribution is 2.29. The molecule has 3 heteroatoms. The monoisotopic (exact) mass is 272 g/mol.